The molecule has 1 aromatic carbocycles. The molecule has 4 heteroatoms. The van der Waals surface area contributed by atoms with Gasteiger partial charge in [0.1, 0.15) is 0 Å². The number of nitrogens with zero attached hydrogens (tertiary/aromatic N) is 1. The molecule has 0 aliphatic rings. The van der Waals surface area contributed by atoms with Gasteiger partial charge in [0.25, 0.3) is 0 Å². The number of aliphatic hydroxyl groups is 1. The van der Waals surface area contributed by atoms with Gasteiger partial charge in [0.05, 0.1) is 6.10 Å². The number of hydrogen-bond acceptors (Lipinski definition) is 4. The van der Waals surface area contributed by atoms with E-state index in [4.69, 9.17) is 5.73 Å². The van der Waals surface area contributed by atoms with Crippen molar-refractivity contribution in [3.63, 3.8) is 0 Å². The molecule has 1 unspecified atom stereocenters. The van der Waals surface area contributed by atoms with Crippen molar-refractivity contribution >= 4 is 17.4 Å². The first-order chi connectivity index (χ1) is 8.27. The van der Waals surface area contributed by atoms with Gasteiger partial charge in [-0.2, -0.15) is 0 Å². The fourth-order valence-electron chi connectivity index (χ4n) is 1.48. The van der Waals surface area contributed by atoms with Gasteiger partial charge in [0.2, 0.25) is 0 Å². The number of hydrogen-bond donors (Lipinski definition) is 2. The maximum Gasteiger partial charge on any atom is 0.0918 e. The number of aliphatic hydroxyl groups excluding tert-OH is 1. The third-order valence-corrected chi connectivity index (χ3v) is 3.49. The third kappa shape index (κ3) is 3.22. The number of nitrogens with two attached hydrogens (primary N) is 1. The minimum Gasteiger partial charge on any atom is -0.398 e. The molecule has 2 rings (SSSR count). The molecule has 0 aliphatic heterocycles. The van der Waals surface area contributed by atoms with E-state index in [1.807, 2.05) is 30.3 Å². The van der Waals surface area contributed by atoms with E-state index >= 15 is 0 Å². The van der Waals surface area contributed by atoms with Gasteiger partial charge in [-0.05, 0) is 18.2 Å². The van der Waals surface area contributed by atoms with Crippen molar-refractivity contribution in [3.05, 3.63) is 54.4 Å². The fraction of sp³-hybridized carbons (Fsp3) is 0.154. The highest BCUT2D eigenvalue weighted by atomic mass is 32.2. The lowest BCUT2D eigenvalue weighted by Gasteiger charge is -2.12. The molecular weight excluding hydrogens is 232 g/mol. The molecule has 0 saturated heterocycles. The molecule has 0 amide bonds. The van der Waals surface area contributed by atoms with Crippen LogP contribution in [0.4, 0.5) is 5.69 Å². The van der Waals surface area contributed by atoms with E-state index in [1.165, 1.54) is 0 Å². The summed E-state index contributed by atoms with van der Waals surface area (Å²) in [7, 11) is 0. The van der Waals surface area contributed by atoms with Crippen molar-refractivity contribution in [2.24, 2.45) is 0 Å². The zero-order chi connectivity index (χ0) is 12.1. The number of aromatic nitrogens is 1. The molecule has 0 bridgehead atoms. The maximum atomic E-state index is 10.0. The zero-order valence-electron chi connectivity index (χ0n) is 9.28. The first-order valence-corrected chi connectivity index (χ1v) is 6.31. The summed E-state index contributed by atoms with van der Waals surface area (Å²) in [6.45, 7) is 0. The molecule has 0 spiro atoms. The summed E-state index contributed by atoms with van der Waals surface area (Å²) in [5.74, 6) is 0.569. The minimum absolute atomic E-state index is 0.569. The highest BCUT2D eigenvalue weighted by Crippen LogP contribution is 2.26. The van der Waals surface area contributed by atoms with Gasteiger partial charge in [-0.25, -0.2) is 0 Å². The largest absolute Gasteiger partial charge is 0.398 e. The third-order valence-electron chi connectivity index (χ3n) is 2.40. The van der Waals surface area contributed by atoms with Crippen molar-refractivity contribution in [2.45, 2.75) is 11.0 Å². The number of pyridine rings is 1. The van der Waals surface area contributed by atoms with Crippen LogP contribution < -0.4 is 5.73 Å². The summed E-state index contributed by atoms with van der Waals surface area (Å²) in [4.78, 5) is 5.11. The molecule has 0 radical (unpaired) electrons. The van der Waals surface area contributed by atoms with E-state index < -0.39 is 6.10 Å². The van der Waals surface area contributed by atoms with E-state index in [1.54, 1.807) is 30.2 Å². The predicted octanol–water partition coefficient (Wildman–Crippen LogP) is 2.49. The van der Waals surface area contributed by atoms with Crippen LogP contribution in [-0.2, 0) is 0 Å². The van der Waals surface area contributed by atoms with Crippen molar-refractivity contribution in [1.29, 1.82) is 0 Å². The molecule has 3 N–H and O–H groups in total. The van der Waals surface area contributed by atoms with E-state index in [-0.39, 0.29) is 0 Å². The summed E-state index contributed by atoms with van der Waals surface area (Å²) >= 11 is 1.60. The highest BCUT2D eigenvalue weighted by Gasteiger charge is 2.11. The summed E-state index contributed by atoms with van der Waals surface area (Å²) in [5.41, 5.74) is 7.06. The van der Waals surface area contributed by atoms with Gasteiger partial charge in [-0.15, -0.1) is 11.8 Å². The SMILES string of the molecule is Nc1ccncc1C(O)CSc1ccccc1. The van der Waals surface area contributed by atoms with Crippen LogP contribution in [-0.4, -0.2) is 15.8 Å². The monoisotopic (exact) mass is 246 g/mol. The van der Waals surface area contributed by atoms with Crippen LogP contribution in [0, 0.1) is 0 Å². The van der Waals surface area contributed by atoms with Crippen molar-refractivity contribution in [3.8, 4) is 0 Å². The Labute approximate surface area is 105 Å². The normalized spacial score (nSPS) is 12.3. The van der Waals surface area contributed by atoms with E-state index in [0.29, 0.717) is 17.0 Å². The lowest BCUT2D eigenvalue weighted by molar-refractivity contribution is 0.204. The van der Waals surface area contributed by atoms with Crippen LogP contribution in [0.3, 0.4) is 0 Å². The molecule has 88 valence electrons. The lowest BCUT2D eigenvalue weighted by atomic mass is 10.1. The van der Waals surface area contributed by atoms with Crippen LogP contribution in [0.15, 0.2) is 53.7 Å². The molecule has 0 aliphatic carbocycles. The van der Waals surface area contributed by atoms with Gasteiger partial charge in [-0.1, -0.05) is 18.2 Å². The molecule has 1 aromatic heterocycles. The van der Waals surface area contributed by atoms with Gasteiger partial charge in [0.15, 0.2) is 0 Å². The van der Waals surface area contributed by atoms with E-state index in [0.717, 1.165) is 4.90 Å². The molecule has 0 saturated carbocycles. The molecule has 1 atom stereocenters. The maximum absolute atomic E-state index is 10.0. The van der Waals surface area contributed by atoms with Gasteiger partial charge in [-0.3, -0.25) is 4.98 Å². The van der Waals surface area contributed by atoms with Gasteiger partial charge in [0, 0.05) is 34.3 Å². The number of rotatable bonds is 4. The minimum atomic E-state index is -0.589. The Kier molecular flexibility index (Phi) is 4.01. The van der Waals surface area contributed by atoms with Crippen LogP contribution in [0.1, 0.15) is 11.7 Å². The Balaban J connectivity index is 1.99. The fourth-order valence-corrected chi connectivity index (χ4v) is 2.36. The Bertz CT molecular complexity index is 476. The second-order valence-corrected chi connectivity index (χ2v) is 4.74. The second-order valence-electron chi connectivity index (χ2n) is 3.64. The first-order valence-electron chi connectivity index (χ1n) is 5.32. The quantitative estimate of drug-likeness (QED) is 0.814. The predicted molar refractivity (Wildman–Crippen MR) is 70.8 cm³/mol. The standard InChI is InChI=1S/C13H14N2OS/c14-12-6-7-15-8-11(12)13(16)9-17-10-4-2-1-3-5-10/h1-8,13,16H,9H2,(H2,14,15). The number of thioether (sulfide) groups is 1. The molecule has 17 heavy (non-hydrogen) atoms. The molecule has 2 aromatic rings. The smallest absolute Gasteiger partial charge is 0.0918 e. The van der Waals surface area contributed by atoms with Crippen LogP contribution in [0.2, 0.25) is 0 Å². The van der Waals surface area contributed by atoms with E-state index in [2.05, 4.69) is 4.98 Å². The molecule has 1 heterocycles. The average Bonchev–Trinajstić information content (AvgIpc) is 2.38. The number of nitrogen functional groups attached to an aromatic ring is 1. The Hall–Kier alpha value is -1.52. The summed E-state index contributed by atoms with van der Waals surface area (Å²) in [6, 6.07) is 11.7. The van der Waals surface area contributed by atoms with Gasteiger partial charge >= 0.3 is 0 Å². The Morgan fingerprint density at radius 3 is 2.71 bits per heavy atom. The molecule has 0 fully saturated rings. The van der Waals surface area contributed by atoms with Crippen LogP contribution >= 0.6 is 11.8 Å². The summed E-state index contributed by atoms with van der Waals surface area (Å²) < 4.78 is 0. The average molecular weight is 246 g/mol. The van der Waals surface area contributed by atoms with Gasteiger partial charge < -0.3 is 10.8 Å². The Morgan fingerprint density at radius 2 is 2.00 bits per heavy atom. The van der Waals surface area contributed by atoms with E-state index in [9.17, 15) is 5.11 Å². The summed E-state index contributed by atoms with van der Waals surface area (Å²) in [6.07, 6.45) is 2.65. The molecular formula is C13H14N2OS. The zero-order valence-corrected chi connectivity index (χ0v) is 10.1. The summed E-state index contributed by atoms with van der Waals surface area (Å²) in [5, 5.41) is 10.0. The second kappa shape index (κ2) is 5.70. The van der Waals surface area contributed by atoms with Crippen molar-refractivity contribution in [2.75, 3.05) is 11.5 Å². The molecule has 3 nitrogen and oxygen atoms in total. The lowest BCUT2D eigenvalue weighted by Crippen LogP contribution is -2.05. The van der Waals surface area contributed by atoms with Crippen molar-refractivity contribution < 1.29 is 5.11 Å². The van der Waals surface area contributed by atoms with Crippen LogP contribution in [0.5, 0.6) is 0 Å². The number of anilines is 1. The van der Waals surface area contributed by atoms with Crippen LogP contribution in [0.25, 0.3) is 0 Å². The topological polar surface area (TPSA) is 59.1 Å². The Morgan fingerprint density at radius 1 is 1.24 bits per heavy atom. The highest BCUT2D eigenvalue weighted by molar-refractivity contribution is 7.99. The van der Waals surface area contributed by atoms with Crippen molar-refractivity contribution in [1.82, 2.24) is 4.98 Å². The number of benzene rings is 1. The first kappa shape index (κ1) is 12.0.